The van der Waals surface area contributed by atoms with Gasteiger partial charge in [-0.05, 0) is 30.7 Å². The second-order valence-corrected chi connectivity index (χ2v) is 6.83. The number of ether oxygens (including phenoxy) is 1. The molecule has 2 atom stereocenters. The lowest BCUT2D eigenvalue weighted by Gasteiger charge is -2.41. The number of hydrogen-bond donors (Lipinski definition) is 1. The smallest absolute Gasteiger partial charge is 0.188 e. The average Bonchev–Trinajstić information content (AvgIpc) is 2.70. The van der Waals surface area contributed by atoms with Crippen LogP contribution in [-0.2, 0) is 0 Å². The maximum Gasteiger partial charge on any atom is 0.188 e. The summed E-state index contributed by atoms with van der Waals surface area (Å²) in [5.41, 5.74) is 9.42. The first-order valence-electron chi connectivity index (χ1n) is 9.40. The lowest BCUT2D eigenvalue weighted by atomic mass is 10.0. The van der Waals surface area contributed by atoms with Crippen molar-refractivity contribution in [1.82, 2.24) is 4.90 Å². The molecule has 2 aromatic carbocycles. The zero-order valence-corrected chi connectivity index (χ0v) is 15.2. The number of piperazine rings is 1. The van der Waals surface area contributed by atoms with E-state index in [1.807, 2.05) is 24.3 Å². The summed E-state index contributed by atoms with van der Waals surface area (Å²) in [6.45, 7) is 6.23. The Bertz CT molecular complexity index is 769. The summed E-state index contributed by atoms with van der Waals surface area (Å²) in [5.74, 6) is 0.771. The first kappa shape index (κ1) is 17.1. The highest BCUT2D eigenvalue weighted by Gasteiger charge is 2.32. The Balaban J connectivity index is 1.49. The fourth-order valence-corrected chi connectivity index (χ4v) is 3.90. The van der Waals surface area contributed by atoms with Crippen LogP contribution in [0.25, 0.3) is 0 Å². The van der Waals surface area contributed by atoms with Gasteiger partial charge in [0.15, 0.2) is 6.23 Å². The molecule has 4 rings (SSSR count). The van der Waals surface area contributed by atoms with Crippen molar-refractivity contribution in [1.29, 1.82) is 0 Å². The number of nitrogens with zero attached hydrogens (tertiary/aromatic N) is 3. The van der Waals surface area contributed by atoms with Gasteiger partial charge in [-0.15, -0.1) is 0 Å². The highest BCUT2D eigenvalue weighted by atomic mass is 16.5. The Kier molecular flexibility index (Phi) is 4.91. The van der Waals surface area contributed by atoms with Crippen molar-refractivity contribution in [3.05, 3.63) is 54.6 Å². The van der Waals surface area contributed by atoms with Crippen LogP contribution < -0.4 is 15.4 Å². The van der Waals surface area contributed by atoms with E-state index >= 15 is 0 Å². The van der Waals surface area contributed by atoms with Gasteiger partial charge in [-0.3, -0.25) is 10.6 Å². The van der Waals surface area contributed by atoms with Crippen LogP contribution in [0.1, 0.15) is 13.3 Å². The van der Waals surface area contributed by atoms with Crippen LogP contribution in [0.2, 0.25) is 0 Å². The van der Waals surface area contributed by atoms with E-state index in [-0.39, 0.29) is 6.04 Å². The summed E-state index contributed by atoms with van der Waals surface area (Å²) in [4.78, 5) is 9.80. The van der Waals surface area contributed by atoms with E-state index in [9.17, 15) is 0 Å². The molecule has 0 saturated carbocycles. The van der Waals surface area contributed by atoms with Gasteiger partial charge in [0.2, 0.25) is 0 Å². The van der Waals surface area contributed by atoms with Crippen molar-refractivity contribution in [3.8, 4) is 5.75 Å². The molecule has 0 bridgehead atoms. The topological polar surface area (TPSA) is 54.1 Å². The number of benzene rings is 2. The second-order valence-electron chi connectivity index (χ2n) is 6.83. The maximum absolute atomic E-state index is 6.31. The standard InChI is InChI=1S/C21H26N4O/c1-2-18(20-21(22)26-19-11-7-6-10-17(19)23-20)25-14-12-24(13-15-25)16-8-4-3-5-9-16/h3-11,18,21H,2,12-15,22H2,1H3. The predicted molar refractivity (Wildman–Crippen MR) is 106 cm³/mol. The molecule has 26 heavy (non-hydrogen) atoms. The first-order chi connectivity index (χ1) is 12.8. The molecule has 2 heterocycles. The van der Waals surface area contributed by atoms with E-state index in [0.717, 1.165) is 49.7 Å². The van der Waals surface area contributed by atoms with Crippen molar-refractivity contribution in [2.45, 2.75) is 25.6 Å². The highest BCUT2D eigenvalue weighted by Crippen LogP contribution is 2.32. The van der Waals surface area contributed by atoms with Gasteiger partial charge in [-0.1, -0.05) is 37.3 Å². The molecule has 2 aromatic rings. The van der Waals surface area contributed by atoms with E-state index in [1.54, 1.807) is 0 Å². The molecule has 5 heteroatoms. The molecule has 1 fully saturated rings. The molecule has 2 unspecified atom stereocenters. The fourth-order valence-electron chi connectivity index (χ4n) is 3.90. The molecule has 0 radical (unpaired) electrons. The van der Waals surface area contributed by atoms with E-state index in [1.165, 1.54) is 5.69 Å². The molecule has 0 aromatic heterocycles. The minimum Gasteiger partial charge on any atom is -0.468 e. The second kappa shape index (κ2) is 7.48. The number of hydrogen-bond acceptors (Lipinski definition) is 5. The zero-order chi connectivity index (χ0) is 17.9. The van der Waals surface area contributed by atoms with Gasteiger partial charge in [0, 0.05) is 31.9 Å². The Morgan fingerprint density at radius 1 is 1.04 bits per heavy atom. The summed E-state index contributed by atoms with van der Waals surface area (Å²) in [6.07, 6.45) is 0.505. The van der Waals surface area contributed by atoms with E-state index < -0.39 is 6.23 Å². The molecule has 1 saturated heterocycles. The minimum absolute atomic E-state index is 0.219. The van der Waals surface area contributed by atoms with Gasteiger partial charge in [-0.25, -0.2) is 4.99 Å². The average molecular weight is 350 g/mol. The van der Waals surface area contributed by atoms with E-state index in [0.29, 0.717) is 0 Å². The number of nitrogens with two attached hydrogens (primary N) is 1. The molecule has 5 nitrogen and oxygen atoms in total. The molecule has 2 aliphatic rings. The van der Waals surface area contributed by atoms with Crippen LogP contribution in [0.15, 0.2) is 59.6 Å². The summed E-state index contributed by atoms with van der Waals surface area (Å²) in [6, 6.07) is 18.7. The van der Waals surface area contributed by atoms with Crippen LogP contribution in [0.4, 0.5) is 11.4 Å². The summed E-state index contributed by atoms with van der Waals surface area (Å²) in [7, 11) is 0. The lowest BCUT2D eigenvalue weighted by Crippen LogP contribution is -2.56. The monoisotopic (exact) mass is 350 g/mol. The lowest BCUT2D eigenvalue weighted by molar-refractivity contribution is 0.201. The van der Waals surface area contributed by atoms with Crippen molar-refractivity contribution in [2.24, 2.45) is 10.7 Å². The first-order valence-corrected chi connectivity index (χ1v) is 9.40. The number of para-hydroxylation sites is 3. The molecule has 2 aliphatic heterocycles. The number of fused-ring (bicyclic) bond motifs is 1. The molecule has 136 valence electrons. The van der Waals surface area contributed by atoms with E-state index in [4.69, 9.17) is 15.5 Å². The molecule has 0 amide bonds. The van der Waals surface area contributed by atoms with E-state index in [2.05, 4.69) is 47.1 Å². The molecule has 0 aliphatic carbocycles. The normalized spacial score (nSPS) is 21.5. The van der Waals surface area contributed by atoms with Crippen molar-refractivity contribution >= 4 is 17.1 Å². The summed E-state index contributed by atoms with van der Waals surface area (Å²) < 4.78 is 5.92. The van der Waals surface area contributed by atoms with Crippen LogP contribution in [-0.4, -0.2) is 49.1 Å². The van der Waals surface area contributed by atoms with Crippen LogP contribution in [0, 0.1) is 0 Å². The summed E-state index contributed by atoms with van der Waals surface area (Å²) in [5, 5.41) is 0. The van der Waals surface area contributed by atoms with Gasteiger partial charge < -0.3 is 9.64 Å². The van der Waals surface area contributed by atoms with Gasteiger partial charge in [0.05, 0.1) is 11.8 Å². The Morgan fingerprint density at radius 2 is 1.73 bits per heavy atom. The third kappa shape index (κ3) is 3.32. The van der Waals surface area contributed by atoms with Gasteiger partial charge >= 0.3 is 0 Å². The maximum atomic E-state index is 6.31. The SMILES string of the molecule is CCC(C1=Nc2ccccc2OC1N)N1CCN(c2ccccc2)CC1. The van der Waals surface area contributed by atoms with Gasteiger partial charge in [0.25, 0.3) is 0 Å². The van der Waals surface area contributed by atoms with Crippen molar-refractivity contribution < 1.29 is 4.74 Å². The zero-order valence-electron chi connectivity index (χ0n) is 15.2. The summed E-state index contributed by atoms with van der Waals surface area (Å²) >= 11 is 0. The molecular formula is C21H26N4O. The Hall–Kier alpha value is -2.37. The van der Waals surface area contributed by atoms with Gasteiger partial charge in [-0.2, -0.15) is 0 Å². The quantitative estimate of drug-likeness (QED) is 0.921. The van der Waals surface area contributed by atoms with Crippen LogP contribution in [0.3, 0.4) is 0 Å². The largest absolute Gasteiger partial charge is 0.468 e. The van der Waals surface area contributed by atoms with Crippen LogP contribution >= 0.6 is 0 Å². The Labute approximate surface area is 155 Å². The number of rotatable bonds is 4. The van der Waals surface area contributed by atoms with Crippen molar-refractivity contribution in [2.75, 3.05) is 31.1 Å². The fraction of sp³-hybridized carbons (Fsp3) is 0.381. The minimum atomic E-state index is -0.470. The van der Waals surface area contributed by atoms with Gasteiger partial charge in [0.1, 0.15) is 11.4 Å². The Morgan fingerprint density at radius 3 is 2.46 bits per heavy atom. The predicted octanol–water partition coefficient (Wildman–Crippen LogP) is 3.04. The molecular weight excluding hydrogens is 324 g/mol. The molecule has 2 N–H and O–H groups in total. The molecule has 0 spiro atoms. The van der Waals surface area contributed by atoms with Crippen LogP contribution in [0.5, 0.6) is 5.75 Å². The number of aliphatic imine (C=N–C) groups is 1. The highest BCUT2D eigenvalue weighted by molar-refractivity contribution is 5.97. The van der Waals surface area contributed by atoms with Crippen molar-refractivity contribution in [3.63, 3.8) is 0 Å². The third-order valence-corrected chi connectivity index (χ3v) is 5.26. The third-order valence-electron chi connectivity index (χ3n) is 5.26. The number of anilines is 1.